The number of fused-ring (bicyclic) bond motifs is 3. The molecule has 2 aromatic carbocycles. The lowest BCUT2D eigenvalue weighted by Crippen LogP contribution is -2.56. The Kier molecular flexibility index (Phi) is 4.87. The zero-order valence-corrected chi connectivity index (χ0v) is 20.3. The number of halogens is 1. The van der Waals surface area contributed by atoms with Crippen molar-refractivity contribution >= 4 is 15.9 Å². The molecule has 0 radical (unpaired) electrons. The van der Waals surface area contributed by atoms with Crippen molar-refractivity contribution < 1.29 is 9.47 Å². The van der Waals surface area contributed by atoms with Gasteiger partial charge in [0.15, 0.2) is 5.79 Å². The Labute approximate surface area is 198 Å². The number of aromatic nitrogens is 2. The first kappa shape index (κ1) is 20.6. The fourth-order valence-electron chi connectivity index (χ4n) is 6.88. The fourth-order valence-corrected chi connectivity index (χ4v) is 7.28. The Morgan fingerprint density at radius 2 is 1.81 bits per heavy atom. The molecule has 166 valence electrons. The predicted octanol–water partition coefficient (Wildman–Crippen LogP) is 5.87. The van der Waals surface area contributed by atoms with Gasteiger partial charge < -0.3 is 9.47 Å². The first-order valence-electron chi connectivity index (χ1n) is 11.7. The fraction of sp³-hybridized carbons (Fsp3) is 0.444. The van der Waals surface area contributed by atoms with Gasteiger partial charge in [-0.3, -0.25) is 4.68 Å². The van der Waals surface area contributed by atoms with Gasteiger partial charge in [-0.15, -0.1) is 0 Å². The quantitative estimate of drug-likeness (QED) is 0.448. The van der Waals surface area contributed by atoms with Crippen molar-refractivity contribution in [2.24, 2.45) is 18.9 Å². The normalized spacial score (nSPS) is 28.5. The third kappa shape index (κ3) is 2.84. The van der Waals surface area contributed by atoms with E-state index in [1.54, 1.807) is 0 Å². The number of benzene rings is 2. The van der Waals surface area contributed by atoms with Crippen molar-refractivity contribution in [3.8, 4) is 11.3 Å². The van der Waals surface area contributed by atoms with Crippen molar-refractivity contribution in [3.63, 3.8) is 0 Å². The predicted molar refractivity (Wildman–Crippen MR) is 128 cm³/mol. The summed E-state index contributed by atoms with van der Waals surface area (Å²) in [4.78, 5) is 0. The van der Waals surface area contributed by atoms with Crippen LogP contribution in [-0.2, 0) is 28.4 Å². The van der Waals surface area contributed by atoms with E-state index < -0.39 is 5.79 Å². The highest BCUT2D eigenvalue weighted by Crippen LogP contribution is 2.60. The Bertz CT molecular complexity index is 1150. The van der Waals surface area contributed by atoms with Gasteiger partial charge in [-0.25, -0.2) is 0 Å². The van der Waals surface area contributed by atoms with Crippen LogP contribution in [0.4, 0.5) is 0 Å². The lowest BCUT2D eigenvalue weighted by atomic mass is 9.52. The number of ether oxygens (including phenoxy) is 2. The standard InChI is InChI=1S/C27H29BrN2O2/c1-18-23-12-11-22-24(19-7-6-10-21(28)17-19)30(2)29-25(22)26(23,20-8-4-3-5-9-20)13-14-27(18)31-15-16-32-27/h3-10,17-18,23H,11-16H2,1-2H3/t18-,23-,26+/m0/s1. The Morgan fingerprint density at radius 3 is 2.56 bits per heavy atom. The molecule has 4 nitrogen and oxygen atoms in total. The molecule has 0 amide bonds. The number of rotatable bonds is 2. The van der Waals surface area contributed by atoms with E-state index in [0.717, 1.165) is 30.2 Å². The van der Waals surface area contributed by atoms with Crippen LogP contribution in [0.1, 0.15) is 43.0 Å². The first-order valence-corrected chi connectivity index (χ1v) is 12.5. The molecule has 2 fully saturated rings. The Hall–Kier alpha value is -1.95. The molecule has 0 bridgehead atoms. The molecule has 0 N–H and O–H groups in total. The molecule has 5 heteroatoms. The minimum absolute atomic E-state index is 0.114. The van der Waals surface area contributed by atoms with Crippen LogP contribution >= 0.6 is 15.9 Å². The van der Waals surface area contributed by atoms with Crippen LogP contribution in [0, 0.1) is 11.8 Å². The molecule has 3 aliphatic rings. The van der Waals surface area contributed by atoms with E-state index in [2.05, 4.69) is 89.2 Å². The molecular formula is C27H29BrN2O2. The molecule has 3 atom stereocenters. The zero-order valence-electron chi connectivity index (χ0n) is 18.7. The zero-order chi connectivity index (χ0) is 21.9. The van der Waals surface area contributed by atoms with Crippen LogP contribution in [-0.4, -0.2) is 28.8 Å². The second-order valence-electron chi connectivity index (χ2n) is 9.59. The van der Waals surface area contributed by atoms with Crippen molar-refractivity contribution in [2.45, 2.75) is 43.8 Å². The van der Waals surface area contributed by atoms with E-state index in [4.69, 9.17) is 14.6 Å². The van der Waals surface area contributed by atoms with E-state index >= 15 is 0 Å². The van der Waals surface area contributed by atoms with Crippen LogP contribution in [0.2, 0.25) is 0 Å². The van der Waals surface area contributed by atoms with Crippen LogP contribution in [0.5, 0.6) is 0 Å². The minimum atomic E-state index is -0.428. The average Bonchev–Trinajstić information content (AvgIpc) is 3.42. The molecule has 1 saturated heterocycles. The van der Waals surface area contributed by atoms with Gasteiger partial charge in [0.1, 0.15) is 0 Å². The summed E-state index contributed by atoms with van der Waals surface area (Å²) in [5, 5.41) is 5.26. The summed E-state index contributed by atoms with van der Waals surface area (Å²) >= 11 is 3.66. The number of hydrogen-bond donors (Lipinski definition) is 0. The summed E-state index contributed by atoms with van der Waals surface area (Å²) in [7, 11) is 2.10. The third-order valence-electron chi connectivity index (χ3n) is 8.23. The summed E-state index contributed by atoms with van der Waals surface area (Å²) in [6.45, 7) is 3.75. The molecule has 0 unspecified atom stereocenters. The Morgan fingerprint density at radius 1 is 1.03 bits per heavy atom. The maximum Gasteiger partial charge on any atom is 0.171 e. The molecular weight excluding hydrogens is 464 g/mol. The molecule has 3 aromatic rings. The van der Waals surface area contributed by atoms with Gasteiger partial charge in [0.25, 0.3) is 0 Å². The van der Waals surface area contributed by atoms with Gasteiger partial charge in [0, 0.05) is 40.4 Å². The van der Waals surface area contributed by atoms with Crippen molar-refractivity contribution in [1.29, 1.82) is 0 Å². The minimum Gasteiger partial charge on any atom is -0.347 e. The lowest BCUT2D eigenvalue weighted by Gasteiger charge is -2.55. The summed E-state index contributed by atoms with van der Waals surface area (Å²) in [5.41, 5.74) is 6.40. The van der Waals surface area contributed by atoms with Crippen LogP contribution in [0.15, 0.2) is 59.1 Å². The Balaban J connectivity index is 1.56. The smallest absolute Gasteiger partial charge is 0.171 e. The topological polar surface area (TPSA) is 36.3 Å². The molecule has 1 spiro atoms. The van der Waals surface area contributed by atoms with Crippen LogP contribution in [0.3, 0.4) is 0 Å². The molecule has 1 aromatic heterocycles. The van der Waals surface area contributed by atoms with Crippen molar-refractivity contribution in [3.05, 3.63) is 75.9 Å². The molecule has 6 rings (SSSR count). The highest BCUT2D eigenvalue weighted by molar-refractivity contribution is 9.10. The first-order chi connectivity index (χ1) is 15.6. The summed E-state index contributed by atoms with van der Waals surface area (Å²) in [5.74, 6) is 0.306. The number of nitrogens with zero attached hydrogens (tertiary/aromatic N) is 2. The summed E-state index contributed by atoms with van der Waals surface area (Å²) < 4.78 is 15.7. The number of aryl methyl sites for hydroxylation is 1. The summed E-state index contributed by atoms with van der Waals surface area (Å²) in [6, 6.07) is 19.7. The van der Waals surface area contributed by atoms with Gasteiger partial charge in [-0.05, 0) is 42.9 Å². The van der Waals surface area contributed by atoms with Crippen LogP contribution < -0.4 is 0 Å². The van der Waals surface area contributed by atoms with Gasteiger partial charge in [-0.1, -0.05) is 65.3 Å². The molecule has 2 aliphatic carbocycles. The van der Waals surface area contributed by atoms with Crippen LogP contribution in [0.25, 0.3) is 11.3 Å². The lowest BCUT2D eigenvalue weighted by molar-refractivity contribution is -0.232. The number of hydrogen-bond acceptors (Lipinski definition) is 3. The van der Waals surface area contributed by atoms with Gasteiger partial charge in [0.2, 0.25) is 0 Å². The highest BCUT2D eigenvalue weighted by atomic mass is 79.9. The molecule has 32 heavy (non-hydrogen) atoms. The second kappa shape index (κ2) is 7.54. The third-order valence-corrected chi connectivity index (χ3v) is 8.73. The highest BCUT2D eigenvalue weighted by Gasteiger charge is 2.60. The SMILES string of the molecule is C[C@H]1[C@@H]2CCc3c(nn(C)c3-c3cccc(Br)c3)[C@@]2(c2ccccc2)CCC12OCCO2. The van der Waals surface area contributed by atoms with E-state index in [9.17, 15) is 0 Å². The molecule has 1 aliphatic heterocycles. The molecule has 2 heterocycles. The van der Waals surface area contributed by atoms with Gasteiger partial charge in [-0.2, -0.15) is 5.10 Å². The van der Waals surface area contributed by atoms with Crippen molar-refractivity contribution in [2.75, 3.05) is 13.2 Å². The largest absolute Gasteiger partial charge is 0.347 e. The van der Waals surface area contributed by atoms with E-state index in [-0.39, 0.29) is 5.41 Å². The van der Waals surface area contributed by atoms with E-state index in [1.807, 2.05) is 0 Å². The maximum atomic E-state index is 6.27. The van der Waals surface area contributed by atoms with Crippen molar-refractivity contribution in [1.82, 2.24) is 9.78 Å². The molecule has 1 saturated carbocycles. The maximum absolute atomic E-state index is 6.27. The summed E-state index contributed by atoms with van der Waals surface area (Å²) in [6.07, 6.45) is 4.05. The van der Waals surface area contributed by atoms with Gasteiger partial charge in [0.05, 0.1) is 24.6 Å². The van der Waals surface area contributed by atoms with Gasteiger partial charge >= 0.3 is 0 Å². The monoisotopic (exact) mass is 492 g/mol. The average molecular weight is 493 g/mol. The van der Waals surface area contributed by atoms with E-state index in [1.165, 1.54) is 28.1 Å². The van der Waals surface area contributed by atoms with E-state index in [0.29, 0.717) is 25.0 Å². The second-order valence-corrected chi connectivity index (χ2v) is 10.5.